The Labute approximate surface area is 105 Å². The van der Waals surface area contributed by atoms with Gasteiger partial charge in [-0.1, -0.05) is 6.58 Å². The second-order valence-corrected chi connectivity index (χ2v) is 4.08. The molecule has 1 heterocycles. The maximum Gasteiger partial charge on any atom is 0.330 e. The van der Waals surface area contributed by atoms with E-state index in [-0.39, 0.29) is 11.5 Å². The first-order chi connectivity index (χ1) is 8.43. The molecule has 0 saturated carbocycles. The molecule has 98 valence electrons. The van der Waals surface area contributed by atoms with Crippen molar-refractivity contribution in [2.75, 3.05) is 6.54 Å². The molecule has 0 fully saturated rings. The third-order valence-electron chi connectivity index (χ3n) is 2.60. The monoisotopic (exact) mass is 251 g/mol. The molecule has 0 aliphatic heterocycles. The second-order valence-electron chi connectivity index (χ2n) is 4.08. The maximum absolute atomic E-state index is 11.8. The van der Waals surface area contributed by atoms with Gasteiger partial charge >= 0.3 is 5.97 Å². The van der Waals surface area contributed by atoms with Gasteiger partial charge in [0.15, 0.2) is 0 Å². The van der Waals surface area contributed by atoms with Gasteiger partial charge in [0.2, 0.25) is 0 Å². The van der Waals surface area contributed by atoms with E-state index >= 15 is 0 Å². The third-order valence-corrected chi connectivity index (χ3v) is 2.60. The molecule has 1 aromatic heterocycles. The number of H-pyrrole nitrogens is 1. The molecule has 6 nitrogen and oxygen atoms in total. The molecule has 1 amide bonds. The fourth-order valence-corrected chi connectivity index (χ4v) is 1.58. The fourth-order valence-electron chi connectivity index (χ4n) is 1.58. The second kappa shape index (κ2) is 6.00. The summed E-state index contributed by atoms with van der Waals surface area (Å²) in [5, 5.41) is 18.0. The third kappa shape index (κ3) is 3.44. The molecule has 1 rings (SSSR count). The minimum absolute atomic E-state index is 0.153. The van der Waals surface area contributed by atoms with Crippen LogP contribution in [-0.4, -0.2) is 33.7 Å². The number of carboxylic acids is 1. The minimum Gasteiger partial charge on any atom is -0.478 e. The summed E-state index contributed by atoms with van der Waals surface area (Å²) in [6.45, 7) is 7.37. The van der Waals surface area contributed by atoms with E-state index in [1.807, 2.05) is 0 Å². The lowest BCUT2D eigenvalue weighted by molar-refractivity contribution is -0.132. The Bertz CT molecular complexity index is 457. The van der Waals surface area contributed by atoms with Crippen molar-refractivity contribution in [3.8, 4) is 0 Å². The number of aryl methyl sites for hydroxylation is 2. The van der Waals surface area contributed by atoms with Gasteiger partial charge in [0, 0.05) is 17.8 Å². The number of carboxylic acid groups (broad SMARTS) is 1. The van der Waals surface area contributed by atoms with Crippen molar-refractivity contribution in [1.29, 1.82) is 0 Å². The van der Waals surface area contributed by atoms with Gasteiger partial charge in [-0.25, -0.2) is 4.79 Å². The van der Waals surface area contributed by atoms with Crippen LogP contribution >= 0.6 is 0 Å². The number of aliphatic carboxylic acids is 1. The average Bonchev–Trinajstić information content (AvgIpc) is 2.63. The Balaban J connectivity index is 2.39. The zero-order chi connectivity index (χ0) is 13.7. The average molecular weight is 251 g/mol. The number of nitrogens with one attached hydrogen (secondary N) is 2. The van der Waals surface area contributed by atoms with Crippen LogP contribution in [0.15, 0.2) is 12.2 Å². The van der Waals surface area contributed by atoms with Crippen molar-refractivity contribution in [2.45, 2.75) is 26.7 Å². The van der Waals surface area contributed by atoms with Crippen LogP contribution in [-0.2, 0) is 4.79 Å². The van der Waals surface area contributed by atoms with E-state index in [0.29, 0.717) is 30.6 Å². The predicted octanol–water partition coefficient (Wildman–Crippen LogP) is 1.18. The number of rotatable bonds is 6. The molecule has 0 aliphatic rings. The van der Waals surface area contributed by atoms with E-state index in [0.717, 1.165) is 5.69 Å². The lowest BCUT2D eigenvalue weighted by atomic mass is 10.1. The molecule has 0 atom stereocenters. The SMILES string of the molecule is C=C(CCCNC(=O)c1c(C)n[nH]c1C)C(=O)O. The van der Waals surface area contributed by atoms with Crippen LogP contribution in [0, 0.1) is 13.8 Å². The molecular formula is C12H17N3O3. The molecule has 0 bridgehead atoms. The van der Waals surface area contributed by atoms with Gasteiger partial charge in [0.25, 0.3) is 5.91 Å². The zero-order valence-corrected chi connectivity index (χ0v) is 10.5. The molecule has 1 aromatic rings. The van der Waals surface area contributed by atoms with Crippen LogP contribution in [0.2, 0.25) is 0 Å². The number of aromatic amines is 1. The molecule has 0 radical (unpaired) electrons. The van der Waals surface area contributed by atoms with Crippen LogP contribution in [0.4, 0.5) is 0 Å². The Morgan fingerprint density at radius 2 is 2.11 bits per heavy atom. The molecule has 0 aromatic carbocycles. The summed E-state index contributed by atoms with van der Waals surface area (Å²) in [5.41, 5.74) is 2.08. The summed E-state index contributed by atoms with van der Waals surface area (Å²) in [6, 6.07) is 0. The smallest absolute Gasteiger partial charge is 0.330 e. The van der Waals surface area contributed by atoms with Gasteiger partial charge in [0.1, 0.15) is 0 Å². The largest absolute Gasteiger partial charge is 0.478 e. The van der Waals surface area contributed by atoms with E-state index in [1.165, 1.54) is 0 Å². The van der Waals surface area contributed by atoms with Gasteiger partial charge in [-0.3, -0.25) is 9.89 Å². The highest BCUT2D eigenvalue weighted by Crippen LogP contribution is 2.09. The van der Waals surface area contributed by atoms with Crippen molar-refractivity contribution >= 4 is 11.9 Å². The first-order valence-electron chi connectivity index (χ1n) is 5.64. The Kier molecular flexibility index (Phi) is 4.65. The fraction of sp³-hybridized carbons (Fsp3) is 0.417. The normalized spacial score (nSPS) is 10.1. The lowest BCUT2D eigenvalue weighted by Gasteiger charge is -2.05. The minimum atomic E-state index is -0.997. The zero-order valence-electron chi connectivity index (χ0n) is 10.5. The summed E-state index contributed by atoms with van der Waals surface area (Å²) >= 11 is 0. The number of hydrogen-bond donors (Lipinski definition) is 3. The van der Waals surface area contributed by atoms with E-state index in [9.17, 15) is 9.59 Å². The number of aromatic nitrogens is 2. The van der Waals surface area contributed by atoms with Crippen LogP contribution in [0.1, 0.15) is 34.6 Å². The maximum atomic E-state index is 11.8. The quantitative estimate of drug-likeness (QED) is 0.522. The van der Waals surface area contributed by atoms with Crippen molar-refractivity contribution in [3.05, 3.63) is 29.1 Å². The number of hydrogen-bond acceptors (Lipinski definition) is 3. The van der Waals surface area contributed by atoms with Gasteiger partial charge in [0.05, 0.1) is 11.3 Å². The molecule has 6 heteroatoms. The van der Waals surface area contributed by atoms with Crippen molar-refractivity contribution < 1.29 is 14.7 Å². The van der Waals surface area contributed by atoms with Crippen molar-refractivity contribution in [3.63, 3.8) is 0 Å². The molecule has 0 unspecified atom stereocenters. The van der Waals surface area contributed by atoms with E-state index < -0.39 is 5.97 Å². The highest BCUT2D eigenvalue weighted by molar-refractivity contribution is 5.96. The molecule has 0 aliphatic carbocycles. The van der Waals surface area contributed by atoms with E-state index in [1.54, 1.807) is 13.8 Å². The Morgan fingerprint density at radius 1 is 1.44 bits per heavy atom. The summed E-state index contributed by atoms with van der Waals surface area (Å²) in [7, 11) is 0. The Hall–Kier alpha value is -2.11. The topological polar surface area (TPSA) is 95.1 Å². The van der Waals surface area contributed by atoms with Gasteiger partial charge < -0.3 is 10.4 Å². The van der Waals surface area contributed by atoms with Gasteiger partial charge in [-0.05, 0) is 26.7 Å². The van der Waals surface area contributed by atoms with E-state index in [4.69, 9.17) is 5.11 Å². The highest BCUT2D eigenvalue weighted by atomic mass is 16.4. The first-order valence-corrected chi connectivity index (χ1v) is 5.64. The number of carbonyl (C=O) groups is 2. The summed E-state index contributed by atoms with van der Waals surface area (Å²) in [6.07, 6.45) is 0.909. The molecule has 0 saturated heterocycles. The molecule has 18 heavy (non-hydrogen) atoms. The Morgan fingerprint density at radius 3 is 2.61 bits per heavy atom. The lowest BCUT2D eigenvalue weighted by Crippen LogP contribution is -2.25. The van der Waals surface area contributed by atoms with E-state index in [2.05, 4.69) is 22.1 Å². The van der Waals surface area contributed by atoms with Crippen LogP contribution < -0.4 is 5.32 Å². The summed E-state index contributed by atoms with van der Waals surface area (Å²) in [5.74, 6) is -1.19. The van der Waals surface area contributed by atoms with Crippen molar-refractivity contribution in [2.24, 2.45) is 0 Å². The first kappa shape index (κ1) is 14.0. The number of nitrogens with zero attached hydrogens (tertiary/aromatic N) is 1. The van der Waals surface area contributed by atoms with Crippen LogP contribution in [0.25, 0.3) is 0 Å². The molecule has 3 N–H and O–H groups in total. The van der Waals surface area contributed by atoms with Gasteiger partial charge in [-0.15, -0.1) is 0 Å². The summed E-state index contributed by atoms with van der Waals surface area (Å²) in [4.78, 5) is 22.3. The van der Waals surface area contributed by atoms with Crippen molar-refractivity contribution in [1.82, 2.24) is 15.5 Å². The van der Waals surface area contributed by atoms with Crippen LogP contribution in [0.5, 0.6) is 0 Å². The summed E-state index contributed by atoms with van der Waals surface area (Å²) < 4.78 is 0. The van der Waals surface area contributed by atoms with Gasteiger partial charge in [-0.2, -0.15) is 5.10 Å². The predicted molar refractivity (Wildman–Crippen MR) is 66.4 cm³/mol. The number of carbonyl (C=O) groups excluding carboxylic acids is 1. The molecular weight excluding hydrogens is 234 g/mol. The highest BCUT2D eigenvalue weighted by Gasteiger charge is 2.14. The number of amides is 1. The van der Waals surface area contributed by atoms with Crippen LogP contribution in [0.3, 0.4) is 0 Å². The molecule has 0 spiro atoms. The standard InChI is InChI=1S/C12H17N3O3/c1-7(12(17)18)5-4-6-13-11(16)10-8(2)14-15-9(10)3/h1,4-6H2,2-3H3,(H,13,16)(H,14,15)(H,17,18).